The zero-order chi connectivity index (χ0) is 13.0. The molecule has 0 aliphatic rings. The van der Waals surface area contributed by atoms with Crippen LogP contribution in [0.3, 0.4) is 0 Å². The van der Waals surface area contributed by atoms with E-state index in [4.69, 9.17) is 5.26 Å². The molecule has 0 heterocycles. The molecule has 1 atom stereocenters. The van der Waals surface area contributed by atoms with Crippen LogP contribution in [0, 0.1) is 11.3 Å². The Morgan fingerprint density at radius 3 is 2.44 bits per heavy atom. The average Bonchev–Trinajstić information content (AvgIpc) is 2.39. The number of aliphatic hydroxyl groups excluding tert-OH is 1. The van der Waals surface area contributed by atoms with Crippen LogP contribution in [0.25, 0.3) is 0 Å². The van der Waals surface area contributed by atoms with E-state index < -0.39 is 6.10 Å². The highest BCUT2D eigenvalue weighted by atomic mass is 16.3. The van der Waals surface area contributed by atoms with E-state index in [1.54, 1.807) is 42.5 Å². The van der Waals surface area contributed by atoms with E-state index in [0.717, 1.165) is 11.1 Å². The second-order valence-corrected chi connectivity index (χ2v) is 4.12. The lowest BCUT2D eigenvalue weighted by Gasteiger charge is -2.11. The van der Waals surface area contributed by atoms with Crippen molar-refractivity contribution in [1.29, 1.82) is 5.26 Å². The first-order valence-corrected chi connectivity index (χ1v) is 5.65. The van der Waals surface area contributed by atoms with Crippen LogP contribution in [0.15, 0.2) is 48.5 Å². The Bertz CT molecular complexity index is 570. The zero-order valence-corrected chi connectivity index (χ0v) is 9.74. The summed E-state index contributed by atoms with van der Waals surface area (Å²) < 4.78 is 0. The Kier molecular flexibility index (Phi) is 3.61. The van der Waals surface area contributed by atoms with Gasteiger partial charge in [0.25, 0.3) is 0 Å². The first-order chi connectivity index (χ1) is 8.69. The molecule has 0 fully saturated rings. The zero-order valence-electron chi connectivity index (χ0n) is 9.74. The molecule has 2 aromatic carbocycles. The third-order valence-electron chi connectivity index (χ3n) is 2.76. The van der Waals surface area contributed by atoms with E-state index in [9.17, 15) is 10.2 Å². The number of phenols is 1. The molecule has 3 heteroatoms. The highest BCUT2D eigenvalue weighted by Crippen LogP contribution is 2.20. The molecule has 0 aromatic heterocycles. The van der Waals surface area contributed by atoms with Crippen molar-refractivity contribution < 1.29 is 10.2 Å². The fraction of sp³-hybridized carbons (Fsp3) is 0.133. The maximum atomic E-state index is 10.1. The Morgan fingerprint density at radius 1 is 1.11 bits per heavy atom. The van der Waals surface area contributed by atoms with E-state index in [1.165, 1.54) is 0 Å². The van der Waals surface area contributed by atoms with Crippen LogP contribution in [0.5, 0.6) is 5.75 Å². The summed E-state index contributed by atoms with van der Waals surface area (Å²) in [5.74, 6) is 0.194. The van der Waals surface area contributed by atoms with Gasteiger partial charge in [0.05, 0.1) is 17.7 Å². The lowest BCUT2D eigenvalue weighted by atomic mass is 10.0. The number of nitrogens with zero attached hydrogens (tertiary/aromatic N) is 1. The maximum absolute atomic E-state index is 10.1. The maximum Gasteiger partial charge on any atom is 0.115 e. The van der Waals surface area contributed by atoms with E-state index in [0.29, 0.717) is 12.0 Å². The quantitative estimate of drug-likeness (QED) is 0.865. The summed E-state index contributed by atoms with van der Waals surface area (Å²) >= 11 is 0. The van der Waals surface area contributed by atoms with Crippen molar-refractivity contribution in [2.75, 3.05) is 0 Å². The molecule has 0 saturated carbocycles. The van der Waals surface area contributed by atoms with E-state index in [-0.39, 0.29) is 5.75 Å². The molecule has 0 spiro atoms. The number of rotatable bonds is 3. The monoisotopic (exact) mass is 239 g/mol. The van der Waals surface area contributed by atoms with Crippen molar-refractivity contribution in [2.24, 2.45) is 0 Å². The topological polar surface area (TPSA) is 64.2 Å². The number of phenolic OH excluding ortho intramolecular Hbond substituents is 1. The summed E-state index contributed by atoms with van der Waals surface area (Å²) in [5, 5.41) is 28.1. The van der Waals surface area contributed by atoms with Gasteiger partial charge in [-0.05, 0) is 35.4 Å². The molecule has 90 valence electrons. The smallest absolute Gasteiger partial charge is 0.115 e. The van der Waals surface area contributed by atoms with Gasteiger partial charge in [-0.2, -0.15) is 5.26 Å². The molecule has 0 saturated heterocycles. The van der Waals surface area contributed by atoms with Gasteiger partial charge in [0.2, 0.25) is 0 Å². The first-order valence-electron chi connectivity index (χ1n) is 5.65. The first kappa shape index (κ1) is 12.2. The van der Waals surface area contributed by atoms with E-state index in [2.05, 4.69) is 0 Å². The SMILES string of the molecule is N#Cc1ccc(C(O)Cc2cccc(O)c2)cc1. The summed E-state index contributed by atoms with van der Waals surface area (Å²) in [6.07, 6.45) is -0.208. The molecule has 2 rings (SSSR count). The molecular formula is C15H13NO2. The summed E-state index contributed by atoms with van der Waals surface area (Å²) in [4.78, 5) is 0. The van der Waals surface area contributed by atoms with Crippen LogP contribution >= 0.6 is 0 Å². The molecule has 3 nitrogen and oxygen atoms in total. The average molecular weight is 239 g/mol. The second-order valence-electron chi connectivity index (χ2n) is 4.12. The van der Waals surface area contributed by atoms with Crippen LogP contribution in [0.4, 0.5) is 0 Å². The van der Waals surface area contributed by atoms with Crippen molar-refractivity contribution in [1.82, 2.24) is 0 Å². The summed E-state index contributed by atoms with van der Waals surface area (Å²) in [6.45, 7) is 0. The highest BCUT2D eigenvalue weighted by molar-refractivity contribution is 5.34. The Labute approximate surface area is 106 Å². The molecule has 1 unspecified atom stereocenters. The van der Waals surface area contributed by atoms with Gasteiger partial charge >= 0.3 is 0 Å². The minimum atomic E-state index is -0.639. The fourth-order valence-electron chi connectivity index (χ4n) is 1.80. The number of hydrogen-bond acceptors (Lipinski definition) is 3. The number of nitriles is 1. The van der Waals surface area contributed by atoms with Gasteiger partial charge in [-0.3, -0.25) is 0 Å². The molecule has 0 aliphatic carbocycles. The molecule has 0 amide bonds. The van der Waals surface area contributed by atoms with Gasteiger partial charge < -0.3 is 10.2 Å². The lowest BCUT2D eigenvalue weighted by molar-refractivity contribution is 0.178. The number of hydrogen-bond donors (Lipinski definition) is 2. The van der Waals surface area contributed by atoms with E-state index in [1.807, 2.05) is 12.1 Å². The minimum absolute atomic E-state index is 0.194. The van der Waals surface area contributed by atoms with Gasteiger partial charge in [0.1, 0.15) is 5.75 Å². The Morgan fingerprint density at radius 2 is 1.83 bits per heavy atom. The molecule has 2 aromatic rings. The van der Waals surface area contributed by atoms with Gasteiger partial charge in [0, 0.05) is 6.42 Å². The summed E-state index contributed by atoms with van der Waals surface area (Å²) in [6, 6.07) is 15.7. The van der Waals surface area contributed by atoms with Gasteiger partial charge in [-0.15, -0.1) is 0 Å². The number of aromatic hydroxyl groups is 1. The normalized spacial score (nSPS) is 11.8. The summed E-state index contributed by atoms with van der Waals surface area (Å²) in [5.41, 5.74) is 2.20. The molecule has 0 bridgehead atoms. The van der Waals surface area contributed by atoms with Crippen molar-refractivity contribution in [3.05, 3.63) is 65.2 Å². The van der Waals surface area contributed by atoms with Crippen LogP contribution in [-0.2, 0) is 6.42 Å². The van der Waals surface area contributed by atoms with Gasteiger partial charge in [-0.1, -0.05) is 24.3 Å². The number of aliphatic hydroxyl groups is 1. The predicted octanol–water partition coefficient (Wildman–Crippen LogP) is 2.54. The Hall–Kier alpha value is -2.31. The van der Waals surface area contributed by atoms with Crippen LogP contribution < -0.4 is 0 Å². The van der Waals surface area contributed by atoms with Crippen molar-refractivity contribution in [3.8, 4) is 11.8 Å². The van der Waals surface area contributed by atoms with Crippen molar-refractivity contribution in [3.63, 3.8) is 0 Å². The van der Waals surface area contributed by atoms with E-state index >= 15 is 0 Å². The van der Waals surface area contributed by atoms with Crippen LogP contribution in [0.1, 0.15) is 22.8 Å². The molecular weight excluding hydrogens is 226 g/mol. The largest absolute Gasteiger partial charge is 0.508 e. The molecule has 0 radical (unpaired) electrons. The summed E-state index contributed by atoms with van der Waals surface area (Å²) in [7, 11) is 0. The minimum Gasteiger partial charge on any atom is -0.508 e. The number of benzene rings is 2. The van der Waals surface area contributed by atoms with Gasteiger partial charge in [-0.25, -0.2) is 0 Å². The van der Waals surface area contributed by atoms with Crippen LogP contribution in [-0.4, -0.2) is 10.2 Å². The molecule has 18 heavy (non-hydrogen) atoms. The van der Waals surface area contributed by atoms with Gasteiger partial charge in [0.15, 0.2) is 0 Å². The van der Waals surface area contributed by atoms with Crippen LogP contribution in [0.2, 0.25) is 0 Å². The molecule has 0 aliphatic heterocycles. The molecule has 2 N–H and O–H groups in total. The lowest BCUT2D eigenvalue weighted by Crippen LogP contribution is -2.01. The Balaban J connectivity index is 2.12. The fourth-order valence-corrected chi connectivity index (χ4v) is 1.80. The third kappa shape index (κ3) is 2.88. The second kappa shape index (κ2) is 5.35. The third-order valence-corrected chi connectivity index (χ3v) is 2.76. The standard InChI is InChI=1S/C15H13NO2/c16-10-11-4-6-13(7-5-11)15(18)9-12-2-1-3-14(17)8-12/h1-8,15,17-18H,9H2. The van der Waals surface area contributed by atoms with Crippen molar-refractivity contribution >= 4 is 0 Å². The van der Waals surface area contributed by atoms with Crippen molar-refractivity contribution in [2.45, 2.75) is 12.5 Å². The predicted molar refractivity (Wildman–Crippen MR) is 67.9 cm³/mol. The highest BCUT2D eigenvalue weighted by Gasteiger charge is 2.08.